The van der Waals surface area contributed by atoms with Crippen molar-refractivity contribution in [2.24, 2.45) is 0 Å². The van der Waals surface area contributed by atoms with Gasteiger partial charge in [0, 0.05) is 51.5 Å². The standard InChI is InChI=1S/2C8H9F2N2O2S.2C5H5.Ti/c2*1-12(2)15(13,14)11-8-4-3-6(9)5-7(8)10;2*1-2-4-5-3-1;/h2*3-4,11H,1-2H3;2*1-3H,4H2;/q4*-1;+4. The molecule has 4 rings (SSSR count). The topological polar surface area (TPSA) is 98.8 Å². The third-order valence-corrected chi connectivity index (χ3v) is 7.21. The molecule has 2 aliphatic carbocycles. The molecule has 0 saturated carbocycles. The van der Waals surface area contributed by atoms with Crippen molar-refractivity contribution in [3.05, 3.63) is 108 Å². The molecule has 0 radical (unpaired) electrons. The van der Waals surface area contributed by atoms with Gasteiger partial charge in [0.2, 0.25) is 0 Å². The Morgan fingerprint density at radius 1 is 0.659 bits per heavy atom. The molecule has 15 heteroatoms. The van der Waals surface area contributed by atoms with E-state index < -0.39 is 43.7 Å². The smallest absolute Gasteiger partial charge is 0.321 e. The van der Waals surface area contributed by atoms with Crippen LogP contribution in [0.4, 0.5) is 28.9 Å². The Bertz CT molecular complexity index is 1320. The Labute approximate surface area is 254 Å². The first-order valence-corrected chi connectivity index (χ1v) is 14.1. The fourth-order valence-corrected chi connectivity index (χ4v) is 3.42. The molecular weight excluding hydrogens is 620 g/mol. The fourth-order valence-electron chi connectivity index (χ4n) is 2.19. The summed E-state index contributed by atoms with van der Waals surface area (Å²) in [5, 5.41) is 0. The van der Waals surface area contributed by atoms with Gasteiger partial charge < -0.3 is 9.44 Å². The van der Waals surface area contributed by atoms with Crippen LogP contribution in [0.5, 0.6) is 0 Å². The maximum Gasteiger partial charge on any atom is 4.00 e. The fraction of sp³-hybridized carbons (Fsp3) is 0.231. The molecule has 0 spiro atoms. The first kappa shape index (κ1) is 38.3. The molecule has 0 heterocycles. The number of anilines is 2. The third kappa shape index (κ3) is 15.2. The van der Waals surface area contributed by atoms with Crippen LogP contribution in [0.3, 0.4) is 0 Å². The molecule has 2 aliphatic rings. The average molecular weight is 649 g/mol. The van der Waals surface area contributed by atoms with E-state index >= 15 is 0 Å². The molecule has 0 atom stereocenters. The van der Waals surface area contributed by atoms with E-state index in [9.17, 15) is 34.4 Å². The van der Waals surface area contributed by atoms with Gasteiger partial charge in [-0.3, -0.25) is 12.2 Å². The molecule has 0 amide bonds. The number of hydrogen-bond acceptors (Lipinski definition) is 4. The van der Waals surface area contributed by atoms with E-state index in [2.05, 4.69) is 24.3 Å². The molecule has 0 aliphatic heterocycles. The van der Waals surface area contributed by atoms with E-state index in [1.165, 1.54) is 28.2 Å². The maximum absolute atomic E-state index is 13.0. The number of rotatable bonds is 6. The van der Waals surface area contributed by atoms with Crippen molar-refractivity contribution in [1.29, 1.82) is 0 Å². The van der Waals surface area contributed by atoms with Gasteiger partial charge in [0.1, 0.15) is 0 Å². The third-order valence-electron chi connectivity index (χ3n) is 4.33. The maximum atomic E-state index is 13.0. The van der Waals surface area contributed by atoms with Crippen LogP contribution < -0.4 is 9.44 Å². The van der Waals surface area contributed by atoms with Gasteiger partial charge >= 0.3 is 21.7 Å². The Balaban J connectivity index is 0.000000573. The van der Waals surface area contributed by atoms with E-state index in [4.69, 9.17) is 0 Å². The minimum absolute atomic E-state index is 0. The van der Waals surface area contributed by atoms with Crippen molar-refractivity contribution >= 4 is 31.8 Å². The molecule has 8 nitrogen and oxygen atoms in total. The van der Waals surface area contributed by atoms with E-state index in [0.717, 1.165) is 45.7 Å². The van der Waals surface area contributed by atoms with Crippen LogP contribution in [0.2, 0.25) is 0 Å². The van der Waals surface area contributed by atoms with E-state index in [1.54, 1.807) is 12.1 Å². The normalized spacial score (nSPS) is 12.9. The molecule has 2 aromatic rings. The molecular formula is C26H28F4N4O4S2Ti. The largest absolute Gasteiger partial charge is 4.00 e. The molecule has 0 fully saturated rings. The Morgan fingerprint density at radius 3 is 1.20 bits per heavy atom. The summed E-state index contributed by atoms with van der Waals surface area (Å²) in [6.45, 7) is 0. The number of benzene rings is 2. The van der Waals surface area contributed by atoms with Crippen molar-refractivity contribution in [3.63, 3.8) is 0 Å². The molecule has 220 valence electrons. The van der Waals surface area contributed by atoms with E-state index in [1.807, 2.05) is 33.7 Å². The van der Waals surface area contributed by atoms with Gasteiger partial charge in [-0.1, -0.05) is 0 Å². The van der Waals surface area contributed by atoms with Crippen LogP contribution >= 0.6 is 0 Å². The van der Waals surface area contributed by atoms with Gasteiger partial charge in [-0.2, -0.15) is 37.6 Å². The Morgan fingerprint density at radius 2 is 1.00 bits per heavy atom. The van der Waals surface area contributed by atoms with Crippen molar-refractivity contribution in [2.75, 3.05) is 37.6 Å². The summed E-state index contributed by atoms with van der Waals surface area (Å²) >= 11 is 0. The van der Waals surface area contributed by atoms with Crippen LogP contribution in [-0.4, -0.2) is 53.6 Å². The number of hydrogen-bond donors (Lipinski definition) is 2. The van der Waals surface area contributed by atoms with Crippen LogP contribution in [0.25, 0.3) is 0 Å². The Kier molecular flexibility index (Phi) is 17.4. The van der Waals surface area contributed by atoms with Crippen LogP contribution in [0, 0.1) is 47.6 Å². The van der Waals surface area contributed by atoms with Crippen LogP contribution in [0.15, 0.2) is 60.7 Å². The molecule has 41 heavy (non-hydrogen) atoms. The van der Waals surface area contributed by atoms with Crippen molar-refractivity contribution in [1.82, 2.24) is 8.61 Å². The first-order chi connectivity index (χ1) is 18.7. The van der Waals surface area contributed by atoms with Gasteiger partial charge in [0.25, 0.3) is 20.4 Å². The second-order valence-electron chi connectivity index (χ2n) is 7.85. The molecule has 2 aromatic carbocycles. The van der Waals surface area contributed by atoms with Gasteiger partial charge in [0.05, 0.1) is 0 Å². The van der Waals surface area contributed by atoms with E-state index in [-0.39, 0.29) is 33.1 Å². The second-order valence-corrected chi connectivity index (χ2v) is 11.6. The van der Waals surface area contributed by atoms with Crippen LogP contribution in [-0.2, 0) is 42.1 Å². The summed E-state index contributed by atoms with van der Waals surface area (Å²) in [6, 6.07) is 7.25. The number of halogens is 4. The van der Waals surface area contributed by atoms with Gasteiger partial charge in [-0.05, 0) is 11.4 Å². The molecule has 0 saturated heterocycles. The SMILES string of the molecule is CN(C)S(=O)(=O)Nc1ccc(F)[c-]c1F.CN(C)S(=O)(=O)Nc1ccc(F)[c-]c1F.[C-]1=CC=CC1.[C-]1=CC=CC1.[Ti+4]. The van der Waals surface area contributed by atoms with Crippen LogP contribution in [0.1, 0.15) is 12.8 Å². The molecule has 0 unspecified atom stereocenters. The summed E-state index contributed by atoms with van der Waals surface area (Å²) in [7, 11) is -2.43. The van der Waals surface area contributed by atoms with Crippen molar-refractivity contribution < 1.29 is 56.1 Å². The van der Waals surface area contributed by atoms with Crippen molar-refractivity contribution in [2.45, 2.75) is 12.8 Å². The minimum Gasteiger partial charge on any atom is -0.321 e. The minimum atomic E-state index is -3.79. The number of nitrogens with zero attached hydrogens (tertiary/aromatic N) is 2. The quantitative estimate of drug-likeness (QED) is 0.273. The molecule has 0 aromatic heterocycles. The van der Waals surface area contributed by atoms with Gasteiger partial charge in [-0.15, -0.1) is 49.2 Å². The second kappa shape index (κ2) is 18.6. The number of allylic oxidation sites excluding steroid dienone is 8. The zero-order valence-electron chi connectivity index (χ0n) is 22.5. The van der Waals surface area contributed by atoms with Crippen molar-refractivity contribution in [3.8, 4) is 0 Å². The predicted molar refractivity (Wildman–Crippen MR) is 146 cm³/mol. The zero-order chi connectivity index (χ0) is 30.3. The summed E-state index contributed by atoms with van der Waals surface area (Å²) in [5.74, 6) is -3.94. The summed E-state index contributed by atoms with van der Waals surface area (Å²) in [6.07, 6.45) is 20.0. The average Bonchev–Trinajstić information content (AvgIpc) is 3.62. The summed E-state index contributed by atoms with van der Waals surface area (Å²) in [4.78, 5) is 0. The van der Waals surface area contributed by atoms with Gasteiger partial charge in [0.15, 0.2) is 0 Å². The Hall–Kier alpha value is -2.75. The first-order valence-electron chi connectivity index (χ1n) is 11.2. The molecule has 0 bridgehead atoms. The monoisotopic (exact) mass is 648 g/mol. The van der Waals surface area contributed by atoms with Gasteiger partial charge in [-0.25, -0.2) is 41.9 Å². The number of nitrogens with one attached hydrogen (secondary N) is 2. The zero-order valence-corrected chi connectivity index (χ0v) is 25.7. The van der Waals surface area contributed by atoms with E-state index in [0.29, 0.717) is 0 Å². The molecule has 2 N–H and O–H groups in total. The predicted octanol–water partition coefficient (Wildman–Crippen LogP) is 4.58. The summed E-state index contributed by atoms with van der Waals surface area (Å²) in [5.41, 5.74) is -0.685. The summed E-state index contributed by atoms with van der Waals surface area (Å²) < 4.78 is 102.